The molecule has 86 valence electrons. The van der Waals surface area contributed by atoms with E-state index in [1.165, 1.54) is 0 Å². The molecule has 0 aromatic carbocycles. The Morgan fingerprint density at radius 1 is 1.44 bits per heavy atom. The molecule has 0 amide bonds. The molecule has 0 aliphatic rings. The Hall–Kier alpha value is -1.20. The normalized spacial score (nSPS) is 12.9. The van der Waals surface area contributed by atoms with Gasteiger partial charge in [0.1, 0.15) is 16.9 Å². The van der Waals surface area contributed by atoms with Crippen LogP contribution in [0, 0.1) is 0 Å². The van der Waals surface area contributed by atoms with Crippen molar-refractivity contribution in [3.63, 3.8) is 0 Å². The summed E-state index contributed by atoms with van der Waals surface area (Å²) in [5.41, 5.74) is 0. The van der Waals surface area contributed by atoms with E-state index in [0.717, 1.165) is 17.4 Å². The minimum atomic E-state index is 0.0277. The minimum Gasteiger partial charge on any atom is -0.371 e. The first-order valence-electron chi connectivity index (χ1n) is 5.32. The van der Waals surface area contributed by atoms with Gasteiger partial charge in [0.25, 0.3) is 0 Å². The zero-order valence-corrected chi connectivity index (χ0v) is 10.3. The van der Waals surface area contributed by atoms with Crippen LogP contribution in [0.1, 0.15) is 30.8 Å². The number of imidazole rings is 1. The molecular weight excluding hydrogens is 222 g/mol. The molecule has 5 heteroatoms. The molecule has 4 nitrogen and oxygen atoms in total. The Labute approximate surface area is 98.9 Å². The molecule has 2 aromatic rings. The monoisotopic (exact) mass is 237 g/mol. The second-order valence-electron chi connectivity index (χ2n) is 3.44. The van der Waals surface area contributed by atoms with Crippen LogP contribution < -0.4 is 0 Å². The summed E-state index contributed by atoms with van der Waals surface area (Å²) in [6, 6.07) is 0. The van der Waals surface area contributed by atoms with Crippen molar-refractivity contribution in [1.29, 1.82) is 0 Å². The molecule has 0 aliphatic heterocycles. The number of hydrogen-bond acceptors (Lipinski definition) is 4. The van der Waals surface area contributed by atoms with Crippen molar-refractivity contribution < 1.29 is 4.74 Å². The summed E-state index contributed by atoms with van der Waals surface area (Å²) in [6.07, 6.45) is 5.62. The molecule has 0 saturated carbocycles. The highest BCUT2D eigenvalue weighted by atomic mass is 32.1. The van der Waals surface area contributed by atoms with Gasteiger partial charge in [-0.2, -0.15) is 0 Å². The third-order valence-corrected chi connectivity index (χ3v) is 3.08. The van der Waals surface area contributed by atoms with E-state index < -0.39 is 0 Å². The van der Waals surface area contributed by atoms with E-state index in [0.29, 0.717) is 6.61 Å². The fourth-order valence-electron chi connectivity index (χ4n) is 1.61. The second kappa shape index (κ2) is 5.23. The first kappa shape index (κ1) is 11.3. The molecule has 2 aromatic heterocycles. The highest BCUT2D eigenvalue weighted by molar-refractivity contribution is 7.09. The Morgan fingerprint density at radius 3 is 3.00 bits per heavy atom. The van der Waals surface area contributed by atoms with Gasteiger partial charge in [0.2, 0.25) is 0 Å². The van der Waals surface area contributed by atoms with Gasteiger partial charge in [-0.15, -0.1) is 11.3 Å². The summed E-state index contributed by atoms with van der Waals surface area (Å²) in [4.78, 5) is 8.60. The van der Waals surface area contributed by atoms with E-state index in [9.17, 15) is 0 Å². The highest BCUT2D eigenvalue weighted by Gasteiger charge is 2.12. The fourth-order valence-corrected chi connectivity index (χ4v) is 2.23. The van der Waals surface area contributed by atoms with E-state index in [1.54, 1.807) is 17.5 Å². The Kier molecular flexibility index (Phi) is 3.69. The van der Waals surface area contributed by atoms with Crippen LogP contribution >= 0.6 is 11.3 Å². The van der Waals surface area contributed by atoms with E-state index in [1.807, 2.05) is 31.6 Å². The van der Waals surface area contributed by atoms with Crippen LogP contribution in [0.5, 0.6) is 0 Å². The van der Waals surface area contributed by atoms with Crippen LogP contribution in [0.2, 0.25) is 0 Å². The van der Waals surface area contributed by atoms with Crippen molar-refractivity contribution in [1.82, 2.24) is 14.5 Å². The molecule has 16 heavy (non-hydrogen) atoms. The number of rotatable bonds is 5. The van der Waals surface area contributed by atoms with Gasteiger partial charge in [0, 0.05) is 30.6 Å². The van der Waals surface area contributed by atoms with Crippen LogP contribution in [0.4, 0.5) is 0 Å². The summed E-state index contributed by atoms with van der Waals surface area (Å²) in [7, 11) is 0. The molecule has 0 N–H and O–H groups in total. The van der Waals surface area contributed by atoms with Crippen molar-refractivity contribution in [3.8, 4) is 0 Å². The van der Waals surface area contributed by atoms with Gasteiger partial charge < -0.3 is 9.30 Å². The van der Waals surface area contributed by atoms with E-state index in [-0.39, 0.29) is 6.10 Å². The Bertz CT molecular complexity index is 424. The summed E-state index contributed by atoms with van der Waals surface area (Å²) in [5, 5.41) is 3.07. The first-order chi connectivity index (χ1) is 7.81. The van der Waals surface area contributed by atoms with Gasteiger partial charge in [-0.1, -0.05) is 0 Å². The van der Waals surface area contributed by atoms with Gasteiger partial charge in [0.15, 0.2) is 0 Å². The van der Waals surface area contributed by atoms with Gasteiger partial charge >= 0.3 is 0 Å². The molecular formula is C11H15N3OS. The highest BCUT2D eigenvalue weighted by Crippen LogP contribution is 2.16. The van der Waals surface area contributed by atoms with Crippen LogP contribution in [-0.2, 0) is 11.3 Å². The smallest absolute Gasteiger partial charge is 0.138 e. The average Bonchev–Trinajstić information content (AvgIpc) is 2.90. The first-order valence-corrected chi connectivity index (χ1v) is 6.20. The zero-order valence-electron chi connectivity index (χ0n) is 9.46. The number of hydrogen-bond donors (Lipinski definition) is 0. The number of aromatic nitrogens is 3. The number of ether oxygens (including phenoxy) is 1. The van der Waals surface area contributed by atoms with Crippen molar-refractivity contribution in [2.45, 2.75) is 26.5 Å². The Balaban J connectivity index is 2.13. The molecule has 0 spiro atoms. The summed E-state index contributed by atoms with van der Waals surface area (Å²) < 4.78 is 7.63. The molecule has 0 fully saturated rings. The van der Waals surface area contributed by atoms with Crippen LogP contribution in [0.25, 0.3) is 0 Å². The molecule has 0 radical (unpaired) electrons. The summed E-state index contributed by atoms with van der Waals surface area (Å²) >= 11 is 1.65. The lowest BCUT2D eigenvalue weighted by Gasteiger charge is -2.13. The lowest BCUT2D eigenvalue weighted by molar-refractivity contribution is 0.0677. The number of thiazole rings is 1. The van der Waals surface area contributed by atoms with Crippen molar-refractivity contribution in [2.24, 2.45) is 0 Å². The standard InChI is InChI=1S/C11H15N3OS/c1-3-15-9(2)11-13-4-6-14(11)8-10-12-5-7-16-10/h4-7,9H,3,8H2,1-2H3. The molecule has 2 heterocycles. The SMILES string of the molecule is CCOC(C)c1nccn1Cc1nccs1. The zero-order chi connectivity index (χ0) is 11.4. The van der Waals surface area contributed by atoms with Crippen molar-refractivity contribution in [3.05, 3.63) is 34.8 Å². The van der Waals surface area contributed by atoms with Gasteiger partial charge in [-0.3, -0.25) is 0 Å². The van der Waals surface area contributed by atoms with Gasteiger partial charge in [-0.25, -0.2) is 9.97 Å². The lowest BCUT2D eigenvalue weighted by Crippen LogP contribution is -2.10. The Morgan fingerprint density at radius 2 is 2.31 bits per heavy atom. The molecule has 2 rings (SSSR count). The third kappa shape index (κ3) is 2.48. The van der Waals surface area contributed by atoms with E-state index in [2.05, 4.69) is 14.5 Å². The quantitative estimate of drug-likeness (QED) is 0.802. The minimum absolute atomic E-state index is 0.0277. The maximum atomic E-state index is 5.55. The van der Waals surface area contributed by atoms with Crippen LogP contribution in [0.3, 0.4) is 0 Å². The molecule has 0 bridgehead atoms. The van der Waals surface area contributed by atoms with Gasteiger partial charge in [0.05, 0.1) is 6.54 Å². The summed E-state index contributed by atoms with van der Waals surface area (Å²) in [5.74, 6) is 0.956. The number of nitrogens with zero attached hydrogens (tertiary/aromatic N) is 3. The molecule has 1 atom stereocenters. The lowest BCUT2D eigenvalue weighted by atomic mass is 10.3. The molecule has 0 aliphatic carbocycles. The van der Waals surface area contributed by atoms with Crippen molar-refractivity contribution in [2.75, 3.05) is 6.61 Å². The van der Waals surface area contributed by atoms with Crippen LogP contribution in [-0.4, -0.2) is 21.1 Å². The van der Waals surface area contributed by atoms with Crippen LogP contribution in [0.15, 0.2) is 24.0 Å². The molecule has 0 saturated heterocycles. The topological polar surface area (TPSA) is 39.9 Å². The maximum absolute atomic E-state index is 5.55. The average molecular weight is 237 g/mol. The maximum Gasteiger partial charge on any atom is 0.138 e. The second-order valence-corrected chi connectivity index (χ2v) is 4.42. The van der Waals surface area contributed by atoms with Crippen molar-refractivity contribution >= 4 is 11.3 Å². The van der Waals surface area contributed by atoms with E-state index >= 15 is 0 Å². The van der Waals surface area contributed by atoms with Gasteiger partial charge in [-0.05, 0) is 13.8 Å². The molecule has 1 unspecified atom stereocenters. The third-order valence-electron chi connectivity index (χ3n) is 2.32. The summed E-state index contributed by atoms with van der Waals surface area (Å²) in [6.45, 7) is 5.48. The predicted molar refractivity (Wildman–Crippen MR) is 63.5 cm³/mol. The predicted octanol–water partition coefficient (Wildman–Crippen LogP) is 2.49. The van der Waals surface area contributed by atoms with E-state index in [4.69, 9.17) is 4.74 Å². The fraction of sp³-hybridized carbons (Fsp3) is 0.455. The largest absolute Gasteiger partial charge is 0.371 e.